The van der Waals surface area contributed by atoms with Gasteiger partial charge in [-0.3, -0.25) is 4.79 Å². The standard InChI is InChI=1S/C16H21F3N2O/c1-11(8-15(22)21(2)14-6-7-20-10-14)12-4-3-5-13(9-12)16(17,18)19/h3-5,9,11,14,20H,6-8,10H2,1-2H3. The molecule has 3 nitrogen and oxygen atoms in total. The molecule has 1 aliphatic heterocycles. The van der Waals surface area contributed by atoms with Crippen LogP contribution in [0.15, 0.2) is 24.3 Å². The lowest BCUT2D eigenvalue weighted by molar-refractivity contribution is -0.137. The van der Waals surface area contributed by atoms with E-state index in [0.29, 0.717) is 5.56 Å². The molecule has 1 heterocycles. The minimum Gasteiger partial charge on any atom is -0.341 e. The Morgan fingerprint density at radius 1 is 1.45 bits per heavy atom. The van der Waals surface area contributed by atoms with Crippen LogP contribution in [0.1, 0.15) is 36.8 Å². The van der Waals surface area contributed by atoms with E-state index in [9.17, 15) is 18.0 Å². The van der Waals surface area contributed by atoms with Gasteiger partial charge in [-0.25, -0.2) is 0 Å². The van der Waals surface area contributed by atoms with Crippen molar-refractivity contribution >= 4 is 5.91 Å². The van der Waals surface area contributed by atoms with E-state index < -0.39 is 11.7 Å². The van der Waals surface area contributed by atoms with Crippen LogP contribution in [0.3, 0.4) is 0 Å². The molecule has 22 heavy (non-hydrogen) atoms. The van der Waals surface area contributed by atoms with E-state index >= 15 is 0 Å². The third kappa shape index (κ3) is 4.00. The van der Waals surface area contributed by atoms with Gasteiger partial charge in [0.1, 0.15) is 0 Å². The number of hydrogen-bond donors (Lipinski definition) is 1. The second kappa shape index (κ2) is 6.69. The number of benzene rings is 1. The quantitative estimate of drug-likeness (QED) is 0.926. The number of carbonyl (C=O) groups excluding carboxylic acids is 1. The van der Waals surface area contributed by atoms with Gasteiger partial charge in [-0.1, -0.05) is 25.1 Å². The monoisotopic (exact) mass is 314 g/mol. The molecule has 2 atom stereocenters. The average molecular weight is 314 g/mol. The highest BCUT2D eigenvalue weighted by Crippen LogP contribution is 2.31. The first-order valence-corrected chi connectivity index (χ1v) is 7.42. The van der Waals surface area contributed by atoms with Crippen LogP contribution < -0.4 is 5.32 Å². The minimum atomic E-state index is -4.36. The molecule has 2 unspecified atom stereocenters. The third-order valence-corrected chi connectivity index (χ3v) is 4.24. The Balaban J connectivity index is 2.02. The summed E-state index contributed by atoms with van der Waals surface area (Å²) in [5.74, 6) is -0.273. The van der Waals surface area contributed by atoms with Gasteiger partial charge in [-0.15, -0.1) is 0 Å². The molecule has 0 aromatic heterocycles. The molecule has 1 aliphatic rings. The lowest BCUT2D eigenvalue weighted by Crippen LogP contribution is -2.38. The molecule has 0 aliphatic carbocycles. The van der Waals surface area contributed by atoms with Crippen LogP contribution >= 0.6 is 0 Å². The lowest BCUT2D eigenvalue weighted by Gasteiger charge is -2.25. The van der Waals surface area contributed by atoms with E-state index in [-0.39, 0.29) is 24.3 Å². The van der Waals surface area contributed by atoms with E-state index in [2.05, 4.69) is 5.32 Å². The molecule has 1 saturated heterocycles. The van der Waals surface area contributed by atoms with Crippen molar-refractivity contribution in [2.75, 3.05) is 20.1 Å². The zero-order chi connectivity index (χ0) is 16.3. The number of nitrogens with zero attached hydrogens (tertiary/aromatic N) is 1. The Kier molecular flexibility index (Phi) is 5.11. The Labute approximate surface area is 128 Å². The van der Waals surface area contributed by atoms with E-state index in [1.165, 1.54) is 6.07 Å². The molecule has 2 rings (SSSR count). The fraction of sp³-hybridized carbons (Fsp3) is 0.562. The predicted octanol–water partition coefficient (Wildman–Crippen LogP) is 3.02. The highest BCUT2D eigenvalue weighted by Gasteiger charge is 2.31. The molecule has 122 valence electrons. The first-order chi connectivity index (χ1) is 10.3. The topological polar surface area (TPSA) is 32.3 Å². The summed E-state index contributed by atoms with van der Waals surface area (Å²) in [4.78, 5) is 14.0. The maximum atomic E-state index is 12.7. The highest BCUT2D eigenvalue weighted by molar-refractivity contribution is 5.77. The van der Waals surface area contributed by atoms with Gasteiger partial charge in [0.25, 0.3) is 0 Å². The van der Waals surface area contributed by atoms with Gasteiger partial charge in [0, 0.05) is 26.1 Å². The Bertz CT molecular complexity index is 524. The number of amides is 1. The number of hydrogen-bond acceptors (Lipinski definition) is 2. The summed E-state index contributed by atoms with van der Waals surface area (Å²) >= 11 is 0. The van der Waals surface area contributed by atoms with Gasteiger partial charge in [0.2, 0.25) is 5.91 Å². The van der Waals surface area contributed by atoms with E-state index in [0.717, 1.165) is 31.6 Å². The van der Waals surface area contributed by atoms with Crippen LogP contribution in [0.5, 0.6) is 0 Å². The van der Waals surface area contributed by atoms with Crippen LogP contribution in [0.4, 0.5) is 13.2 Å². The fourth-order valence-electron chi connectivity index (χ4n) is 2.72. The molecule has 1 amide bonds. The molecule has 6 heteroatoms. The molecule has 1 fully saturated rings. The molecule has 0 radical (unpaired) electrons. The van der Waals surface area contributed by atoms with Crippen molar-refractivity contribution in [2.24, 2.45) is 0 Å². The number of likely N-dealkylation sites (N-methyl/N-ethyl adjacent to an activating group) is 1. The summed E-state index contributed by atoms with van der Waals surface area (Å²) in [7, 11) is 1.76. The van der Waals surface area contributed by atoms with E-state index in [1.54, 1.807) is 24.9 Å². The molecule has 0 saturated carbocycles. The number of rotatable bonds is 4. The molecule has 1 aromatic rings. The summed E-state index contributed by atoms with van der Waals surface area (Å²) in [5.41, 5.74) is -0.126. The van der Waals surface area contributed by atoms with E-state index in [1.807, 2.05) is 0 Å². The van der Waals surface area contributed by atoms with Crippen LogP contribution in [0.2, 0.25) is 0 Å². The summed E-state index contributed by atoms with van der Waals surface area (Å²) in [6, 6.07) is 5.40. The van der Waals surface area contributed by atoms with Crippen LogP contribution in [0, 0.1) is 0 Å². The van der Waals surface area contributed by atoms with Crippen molar-refractivity contribution in [2.45, 2.75) is 37.9 Å². The van der Waals surface area contributed by atoms with Crippen molar-refractivity contribution in [3.63, 3.8) is 0 Å². The van der Waals surface area contributed by atoms with Crippen molar-refractivity contribution < 1.29 is 18.0 Å². The molecular weight excluding hydrogens is 293 g/mol. The SMILES string of the molecule is CC(CC(=O)N(C)C1CCNC1)c1cccc(C(F)(F)F)c1. The molecule has 1 N–H and O–H groups in total. The molecule has 0 spiro atoms. The molecule has 1 aromatic carbocycles. The van der Waals surface area contributed by atoms with Crippen molar-refractivity contribution in [3.8, 4) is 0 Å². The van der Waals surface area contributed by atoms with Gasteiger partial charge in [-0.05, 0) is 30.5 Å². The zero-order valence-electron chi connectivity index (χ0n) is 12.8. The maximum absolute atomic E-state index is 12.7. The summed E-state index contributed by atoms with van der Waals surface area (Å²) in [6.45, 7) is 3.46. The number of carbonyl (C=O) groups is 1. The van der Waals surface area contributed by atoms with Gasteiger partial charge < -0.3 is 10.2 Å². The largest absolute Gasteiger partial charge is 0.416 e. The van der Waals surface area contributed by atoms with Crippen LogP contribution in [-0.2, 0) is 11.0 Å². The first-order valence-electron chi connectivity index (χ1n) is 7.42. The number of halogens is 3. The molecular formula is C16H21F3N2O. The number of nitrogens with one attached hydrogen (secondary N) is 1. The van der Waals surface area contributed by atoms with Crippen molar-refractivity contribution in [3.05, 3.63) is 35.4 Å². The molecule has 0 bridgehead atoms. The van der Waals surface area contributed by atoms with E-state index in [4.69, 9.17) is 0 Å². The van der Waals surface area contributed by atoms with Crippen LogP contribution in [0.25, 0.3) is 0 Å². The minimum absolute atomic E-state index is 0.0291. The zero-order valence-corrected chi connectivity index (χ0v) is 12.8. The number of alkyl halides is 3. The van der Waals surface area contributed by atoms with Crippen LogP contribution in [-0.4, -0.2) is 37.0 Å². The van der Waals surface area contributed by atoms with Crippen molar-refractivity contribution in [1.29, 1.82) is 0 Å². The van der Waals surface area contributed by atoms with Crippen molar-refractivity contribution in [1.82, 2.24) is 10.2 Å². The van der Waals surface area contributed by atoms with Gasteiger partial charge in [0.15, 0.2) is 0 Å². The Morgan fingerprint density at radius 2 is 2.18 bits per heavy atom. The normalized spacial score (nSPS) is 20.0. The van der Waals surface area contributed by atoms with Gasteiger partial charge in [0.05, 0.1) is 5.56 Å². The average Bonchev–Trinajstić information content (AvgIpc) is 2.99. The Morgan fingerprint density at radius 3 is 2.77 bits per heavy atom. The van der Waals surface area contributed by atoms with Gasteiger partial charge >= 0.3 is 6.18 Å². The summed E-state index contributed by atoms with van der Waals surface area (Å²) < 4.78 is 38.2. The summed E-state index contributed by atoms with van der Waals surface area (Å²) in [6.07, 6.45) is -3.22. The summed E-state index contributed by atoms with van der Waals surface area (Å²) in [5, 5.41) is 3.20. The lowest BCUT2D eigenvalue weighted by atomic mass is 9.95. The fourth-order valence-corrected chi connectivity index (χ4v) is 2.72. The predicted molar refractivity (Wildman–Crippen MR) is 78.5 cm³/mol. The maximum Gasteiger partial charge on any atom is 0.416 e. The smallest absolute Gasteiger partial charge is 0.341 e. The highest BCUT2D eigenvalue weighted by atomic mass is 19.4. The first kappa shape index (κ1) is 16.8. The second-order valence-electron chi connectivity index (χ2n) is 5.88. The third-order valence-electron chi connectivity index (χ3n) is 4.24. The Hall–Kier alpha value is -1.56. The second-order valence-corrected chi connectivity index (χ2v) is 5.88. The van der Waals surface area contributed by atoms with Gasteiger partial charge in [-0.2, -0.15) is 13.2 Å².